The molecule has 0 aliphatic carbocycles. The fraction of sp³-hybridized carbons (Fsp3) is 0.556. The number of ether oxygens (including phenoxy) is 1. The number of carbonyl (C=O) groups excluding carboxylic acids is 2. The molecule has 2 aliphatic rings. The molecule has 138 valence electrons. The van der Waals surface area contributed by atoms with E-state index in [1.54, 1.807) is 12.0 Å². The highest BCUT2D eigenvalue weighted by atomic mass is 35.5. The first-order valence-corrected chi connectivity index (χ1v) is 8.54. The molecule has 0 spiro atoms. The second-order valence-corrected chi connectivity index (χ2v) is 6.61. The van der Waals surface area contributed by atoms with E-state index in [4.69, 9.17) is 4.74 Å². The smallest absolute Gasteiger partial charge is 0.227 e. The lowest BCUT2D eigenvalue weighted by Crippen LogP contribution is -2.45. The normalized spacial score (nSPS) is 21.0. The summed E-state index contributed by atoms with van der Waals surface area (Å²) in [4.78, 5) is 26.6. The third-order valence-corrected chi connectivity index (χ3v) is 4.81. The summed E-state index contributed by atoms with van der Waals surface area (Å²) < 4.78 is 5.38. The van der Waals surface area contributed by atoms with Gasteiger partial charge in [-0.1, -0.05) is 6.07 Å². The molecular formula is C18H26ClN3O3. The molecule has 2 N–H and O–H groups in total. The number of rotatable bonds is 4. The Kier molecular flexibility index (Phi) is 6.67. The van der Waals surface area contributed by atoms with Gasteiger partial charge < -0.3 is 20.3 Å². The second-order valence-electron chi connectivity index (χ2n) is 6.61. The number of anilines is 1. The fourth-order valence-electron chi connectivity index (χ4n) is 3.41. The lowest BCUT2D eigenvalue weighted by Gasteiger charge is -2.25. The van der Waals surface area contributed by atoms with Crippen molar-refractivity contribution in [2.75, 3.05) is 31.6 Å². The monoisotopic (exact) mass is 367 g/mol. The van der Waals surface area contributed by atoms with E-state index in [0.717, 1.165) is 37.2 Å². The van der Waals surface area contributed by atoms with Crippen LogP contribution < -0.4 is 20.3 Å². The van der Waals surface area contributed by atoms with Crippen LogP contribution in [0.1, 0.15) is 24.8 Å². The molecule has 7 heteroatoms. The van der Waals surface area contributed by atoms with Crippen molar-refractivity contribution in [3.63, 3.8) is 0 Å². The number of carbonyl (C=O) groups is 2. The van der Waals surface area contributed by atoms with Crippen LogP contribution in [0, 0.1) is 12.8 Å². The van der Waals surface area contributed by atoms with Gasteiger partial charge in [0.25, 0.3) is 0 Å². The van der Waals surface area contributed by atoms with E-state index in [9.17, 15) is 9.59 Å². The van der Waals surface area contributed by atoms with Gasteiger partial charge >= 0.3 is 0 Å². The summed E-state index contributed by atoms with van der Waals surface area (Å²) in [6.07, 6.45) is 2.15. The topological polar surface area (TPSA) is 70.7 Å². The van der Waals surface area contributed by atoms with E-state index >= 15 is 0 Å². The predicted octanol–water partition coefficient (Wildman–Crippen LogP) is 1.65. The molecule has 2 aliphatic heterocycles. The number of aryl methyl sites for hydroxylation is 1. The highest BCUT2D eigenvalue weighted by molar-refractivity contribution is 6.01. The first-order valence-electron chi connectivity index (χ1n) is 8.54. The first kappa shape index (κ1) is 19.5. The zero-order valence-electron chi connectivity index (χ0n) is 14.7. The van der Waals surface area contributed by atoms with E-state index in [1.165, 1.54) is 0 Å². The van der Waals surface area contributed by atoms with E-state index < -0.39 is 0 Å². The average molecular weight is 368 g/mol. The molecule has 2 fully saturated rings. The number of amides is 2. The number of nitrogens with one attached hydrogen (secondary N) is 2. The molecule has 1 atom stereocenters. The molecule has 2 saturated heterocycles. The van der Waals surface area contributed by atoms with Gasteiger partial charge in [-0.2, -0.15) is 0 Å². The Morgan fingerprint density at radius 3 is 2.72 bits per heavy atom. The summed E-state index contributed by atoms with van der Waals surface area (Å²) in [5, 5.41) is 6.39. The van der Waals surface area contributed by atoms with Gasteiger partial charge in [-0.3, -0.25) is 9.59 Å². The summed E-state index contributed by atoms with van der Waals surface area (Å²) >= 11 is 0. The molecular weight excluding hydrogens is 342 g/mol. The summed E-state index contributed by atoms with van der Waals surface area (Å²) in [6, 6.07) is 5.96. The zero-order chi connectivity index (χ0) is 17.1. The minimum Gasteiger partial charge on any atom is -0.495 e. The highest BCUT2D eigenvalue weighted by Crippen LogP contribution is 2.34. The molecule has 1 unspecified atom stereocenters. The van der Waals surface area contributed by atoms with Gasteiger partial charge in [0.15, 0.2) is 0 Å². The van der Waals surface area contributed by atoms with Gasteiger partial charge in [0.1, 0.15) is 5.75 Å². The van der Waals surface area contributed by atoms with Gasteiger partial charge in [-0.05, 0) is 50.6 Å². The van der Waals surface area contributed by atoms with Crippen LogP contribution in [0.2, 0.25) is 0 Å². The summed E-state index contributed by atoms with van der Waals surface area (Å²) in [7, 11) is 1.59. The number of methoxy groups -OCH3 is 1. The van der Waals surface area contributed by atoms with Crippen molar-refractivity contribution in [1.82, 2.24) is 10.6 Å². The standard InChI is InChI=1S/C18H25N3O3.ClH/c1-12-3-4-16(24-2)15(9-12)21-11-13(10-17(21)22)18(23)20-14-5-7-19-8-6-14;/h3-4,9,13-14,19H,5-8,10-11H2,1-2H3,(H,20,23);1H. The van der Waals surface area contributed by atoms with E-state index in [-0.39, 0.29) is 42.6 Å². The van der Waals surface area contributed by atoms with E-state index in [1.807, 2.05) is 25.1 Å². The Balaban J connectivity index is 0.00000225. The fourth-order valence-corrected chi connectivity index (χ4v) is 3.41. The lowest BCUT2D eigenvalue weighted by atomic mass is 10.0. The Morgan fingerprint density at radius 1 is 1.32 bits per heavy atom. The Bertz CT molecular complexity index is 632. The van der Waals surface area contributed by atoms with Crippen LogP contribution >= 0.6 is 12.4 Å². The van der Waals surface area contributed by atoms with Crippen molar-refractivity contribution < 1.29 is 14.3 Å². The van der Waals surface area contributed by atoms with Crippen LogP contribution in [0.25, 0.3) is 0 Å². The molecule has 0 radical (unpaired) electrons. The highest BCUT2D eigenvalue weighted by Gasteiger charge is 2.37. The third-order valence-electron chi connectivity index (χ3n) is 4.81. The van der Waals surface area contributed by atoms with Crippen LogP contribution in [0.15, 0.2) is 18.2 Å². The van der Waals surface area contributed by atoms with Crippen molar-refractivity contribution in [3.05, 3.63) is 23.8 Å². The molecule has 0 bridgehead atoms. The van der Waals surface area contributed by atoms with Crippen molar-refractivity contribution >= 4 is 29.9 Å². The van der Waals surface area contributed by atoms with Crippen molar-refractivity contribution in [2.45, 2.75) is 32.2 Å². The number of halogens is 1. The third kappa shape index (κ3) is 4.44. The SMILES string of the molecule is COc1ccc(C)cc1N1CC(C(=O)NC2CCNCC2)CC1=O.Cl. The van der Waals surface area contributed by atoms with E-state index in [2.05, 4.69) is 10.6 Å². The Hall–Kier alpha value is -1.79. The number of piperidine rings is 1. The number of benzene rings is 1. The summed E-state index contributed by atoms with van der Waals surface area (Å²) in [6.45, 7) is 4.25. The summed E-state index contributed by atoms with van der Waals surface area (Å²) in [5.41, 5.74) is 1.81. The molecule has 6 nitrogen and oxygen atoms in total. The van der Waals surface area contributed by atoms with Crippen molar-refractivity contribution in [3.8, 4) is 5.75 Å². The minimum absolute atomic E-state index is 0. The second kappa shape index (κ2) is 8.54. The molecule has 1 aromatic rings. The van der Waals surface area contributed by atoms with Gasteiger partial charge in [0.2, 0.25) is 11.8 Å². The predicted molar refractivity (Wildman–Crippen MR) is 99.5 cm³/mol. The minimum atomic E-state index is -0.294. The van der Waals surface area contributed by atoms with Crippen LogP contribution in [-0.2, 0) is 9.59 Å². The molecule has 2 heterocycles. The maximum atomic E-state index is 12.5. The van der Waals surface area contributed by atoms with Crippen molar-refractivity contribution in [1.29, 1.82) is 0 Å². The molecule has 3 rings (SSSR count). The number of hydrogen-bond acceptors (Lipinski definition) is 4. The molecule has 0 saturated carbocycles. The zero-order valence-corrected chi connectivity index (χ0v) is 15.5. The van der Waals surface area contributed by atoms with Crippen LogP contribution in [-0.4, -0.2) is 44.6 Å². The van der Waals surface area contributed by atoms with Crippen LogP contribution in [0.4, 0.5) is 5.69 Å². The first-order chi connectivity index (χ1) is 11.6. The van der Waals surface area contributed by atoms with Gasteiger partial charge in [-0.15, -0.1) is 12.4 Å². The van der Waals surface area contributed by atoms with Crippen molar-refractivity contribution in [2.24, 2.45) is 5.92 Å². The molecule has 2 amide bonds. The largest absolute Gasteiger partial charge is 0.495 e. The maximum absolute atomic E-state index is 12.5. The van der Waals surface area contributed by atoms with Crippen LogP contribution in [0.3, 0.4) is 0 Å². The number of nitrogens with zero attached hydrogens (tertiary/aromatic N) is 1. The van der Waals surface area contributed by atoms with Gasteiger partial charge in [0, 0.05) is 19.0 Å². The lowest BCUT2D eigenvalue weighted by molar-refractivity contribution is -0.127. The van der Waals surface area contributed by atoms with Gasteiger partial charge in [0.05, 0.1) is 18.7 Å². The van der Waals surface area contributed by atoms with Gasteiger partial charge in [-0.25, -0.2) is 0 Å². The van der Waals surface area contributed by atoms with Crippen LogP contribution in [0.5, 0.6) is 5.75 Å². The molecule has 0 aromatic heterocycles. The Labute approximate surface area is 154 Å². The average Bonchev–Trinajstić information content (AvgIpc) is 2.97. The maximum Gasteiger partial charge on any atom is 0.227 e. The molecule has 25 heavy (non-hydrogen) atoms. The number of hydrogen-bond donors (Lipinski definition) is 2. The van der Waals surface area contributed by atoms with E-state index in [0.29, 0.717) is 12.3 Å². The quantitative estimate of drug-likeness (QED) is 0.848. The summed E-state index contributed by atoms with van der Waals surface area (Å²) in [5.74, 6) is 0.333. The Morgan fingerprint density at radius 2 is 2.04 bits per heavy atom. The molecule has 1 aromatic carbocycles.